The summed E-state index contributed by atoms with van der Waals surface area (Å²) in [5, 5.41) is 0. The monoisotopic (exact) mass is 299 g/mol. The molecule has 0 bridgehead atoms. The molecular formula is C19H24N2O. The normalized spacial score (nSPS) is 33.2. The van der Waals surface area contributed by atoms with E-state index in [4.69, 9.17) is 8.99 Å². The molecule has 0 radical (unpaired) electrons. The number of aryl methyl sites for hydroxylation is 2. The average molecular weight is 299 g/mol. The minimum absolute atomic E-state index is 0.285. The Morgan fingerprint density at radius 1 is 1.23 bits per heavy atom. The number of benzene rings is 1. The smallest absolute Gasteiger partial charge is 0.156 e. The zero-order chi connectivity index (χ0) is 18.5. The van der Waals surface area contributed by atoms with Crippen LogP contribution < -0.4 is 5.47 Å². The van der Waals surface area contributed by atoms with Crippen LogP contribution in [0.1, 0.15) is 45.1 Å². The van der Waals surface area contributed by atoms with Gasteiger partial charge in [-0.3, -0.25) is 9.82 Å². The van der Waals surface area contributed by atoms with Crippen LogP contribution in [-0.4, -0.2) is 11.1 Å². The number of hydroxylamine groups is 1. The summed E-state index contributed by atoms with van der Waals surface area (Å²) < 4.78 is 26.3. The van der Waals surface area contributed by atoms with Crippen molar-refractivity contribution in [1.82, 2.24) is 10.5 Å². The highest BCUT2D eigenvalue weighted by Crippen LogP contribution is 2.43. The molecule has 3 heteroatoms. The van der Waals surface area contributed by atoms with Crippen molar-refractivity contribution in [2.75, 3.05) is 0 Å². The Labute approximate surface area is 137 Å². The van der Waals surface area contributed by atoms with Crippen molar-refractivity contribution >= 4 is 0 Å². The van der Waals surface area contributed by atoms with Crippen LogP contribution in [0.5, 0.6) is 0 Å². The Kier molecular flexibility index (Phi) is 3.12. The van der Waals surface area contributed by atoms with Crippen molar-refractivity contribution < 1.29 is 8.99 Å². The van der Waals surface area contributed by atoms with Crippen molar-refractivity contribution in [3.8, 4) is 0 Å². The predicted molar refractivity (Wildman–Crippen MR) is 88.4 cm³/mol. The van der Waals surface area contributed by atoms with Gasteiger partial charge in [-0.25, -0.2) is 0 Å². The first kappa shape index (κ1) is 11.8. The molecule has 2 atom stereocenters. The molecule has 3 nitrogen and oxygen atoms in total. The van der Waals surface area contributed by atoms with Crippen molar-refractivity contribution in [2.45, 2.75) is 46.2 Å². The summed E-state index contributed by atoms with van der Waals surface area (Å²) in [4.78, 5) is 10.0. The molecule has 2 heterocycles. The summed E-state index contributed by atoms with van der Waals surface area (Å²) in [6, 6.07) is 11.6. The molecule has 22 heavy (non-hydrogen) atoms. The van der Waals surface area contributed by atoms with Crippen LogP contribution in [0.2, 0.25) is 1.41 Å². The van der Waals surface area contributed by atoms with E-state index in [1.807, 2.05) is 70.2 Å². The summed E-state index contributed by atoms with van der Waals surface area (Å²) in [7, 11) is 0. The second-order valence-electron chi connectivity index (χ2n) is 6.38. The molecule has 1 aromatic heterocycles. The van der Waals surface area contributed by atoms with Gasteiger partial charge in [0.1, 0.15) is 0 Å². The largest absolute Gasteiger partial charge is 0.297 e. The molecule has 0 saturated carbocycles. The van der Waals surface area contributed by atoms with E-state index in [0.717, 1.165) is 22.4 Å². The maximum atomic E-state index is 9.02. The van der Waals surface area contributed by atoms with Crippen LogP contribution >= 0.6 is 0 Å². The SMILES string of the molecule is [2H]N1OC([2H])(Cc2cc(C)nc(C)c2)C(C)(C)C1([2H])c1ccccc1. The van der Waals surface area contributed by atoms with E-state index in [1.54, 1.807) is 0 Å². The molecule has 1 N–H and O–H groups in total. The standard InChI is InChI=1S/C19H24N2O/c1-13-10-15(11-14(2)20-13)12-17-19(3,4)18(21-22-17)16-8-6-5-7-9-16/h5-11,17-18,21H,12H2,1-4H3/i17D,18D/hD. The summed E-state index contributed by atoms with van der Waals surface area (Å²) in [6.07, 6.45) is -1.15. The van der Waals surface area contributed by atoms with E-state index >= 15 is 0 Å². The van der Waals surface area contributed by atoms with Crippen LogP contribution in [0.4, 0.5) is 0 Å². The number of nitrogens with one attached hydrogen (secondary N) is 1. The quantitative estimate of drug-likeness (QED) is 0.933. The van der Waals surface area contributed by atoms with Crippen LogP contribution in [0.15, 0.2) is 42.5 Å². The second kappa shape index (κ2) is 5.82. The molecule has 1 aliphatic rings. The zero-order valence-electron chi connectivity index (χ0n) is 16.6. The minimum atomic E-state index is -1.48. The number of rotatable bonds is 3. The van der Waals surface area contributed by atoms with E-state index in [9.17, 15) is 0 Å². The highest BCUT2D eigenvalue weighted by molar-refractivity contribution is 5.25. The number of pyridine rings is 1. The van der Waals surface area contributed by atoms with Gasteiger partial charge in [0, 0.05) is 23.2 Å². The van der Waals surface area contributed by atoms with Crippen LogP contribution in [-0.2, 0) is 11.3 Å². The molecule has 1 aliphatic heterocycles. The third kappa shape index (κ3) is 2.92. The van der Waals surface area contributed by atoms with Gasteiger partial charge in [0.25, 0.3) is 0 Å². The van der Waals surface area contributed by atoms with Gasteiger partial charge in [0.2, 0.25) is 0 Å². The molecule has 0 spiro atoms. The number of nitrogens with zero attached hydrogens (tertiary/aromatic N) is 1. The molecular weight excluding hydrogens is 272 g/mol. The highest BCUT2D eigenvalue weighted by Gasteiger charge is 2.45. The first-order valence-corrected chi connectivity index (χ1v) is 7.58. The van der Waals surface area contributed by atoms with Crippen molar-refractivity contribution in [3.63, 3.8) is 0 Å². The summed E-state index contributed by atoms with van der Waals surface area (Å²) in [5.74, 6) is 0. The maximum Gasteiger partial charge on any atom is 0.156 e. The molecule has 2 unspecified atom stereocenters. The molecule has 0 amide bonds. The van der Waals surface area contributed by atoms with Crippen molar-refractivity contribution in [2.24, 2.45) is 5.41 Å². The van der Waals surface area contributed by atoms with Crippen molar-refractivity contribution in [3.05, 3.63) is 65.0 Å². The summed E-state index contributed by atoms with van der Waals surface area (Å²) in [5.41, 5.74) is 3.18. The van der Waals surface area contributed by atoms with Gasteiger partial charge in [0.15, 0.2) is 1.41 Å². The summed E-state index contributed by atoms with van der Waals surface area (Å²) >= 11 is 0. The molecule has 1 fully saturated rings. The molecule has 1 saturated heterocycles. The lowest BCUT2D eigenvalue weighted by atomic mass is 9.75. The number of aromatic nitrogens is 1. The maximum absolute atomic E-state index is 9.02. The zero-order valence-corrected chi connectivity index (χ0v) is 13.6. The van der Waals surface area contributed by atoms with Gasteiger partial charge in [-0.1, -0.05) is 44.2 Å². The van der Waals surface area contributed by atoms with Crippen LogP contribution in [0.25, 0.3) is 0 Å². The lowest BCUT2D eigenvalue weighted by molar-refractivity contribution is 0.00781. The lowest BCUT2D eigenvalue weighted by Gasteiger charge is -2.29. The third-order valence-corrected chi connectivity index (χ3v) is 4.09. The lowest BCUT2D eigenvalue weighted by Crippen LogP contribution is -2.31. The highest BCUT2D eigenvalue weighted by atomic mass is 16.7. The fourth-order valence-electron chi connectivity index (χ4n) is 2.93. The van der Waals surface area contributed by atoms with Gasteiger partial charge >= 0.3 is 0 Å². The van der Waals surface area contributed by atoms with Gasteiger partial charge in [-0.15, -0.1) is 0 Å². The average Bonchev–Trinajstić information content (AvgIpc) is 2.65. The molecule has 2 aromatic rings. The first-order chi connectivity index (χ1) is 11.6. The van der Waals surface area contributed by atoms with Crippen LogP contribution in [0, 0.1) is 19.3 Å². The molecule has 116 valence electrons. The fourth-order valence-corrected chi connectivity index (χ4v) is 2.93. The molecule has 0 aliphatic carbocycles. The Morgan fingerprint density at radius 2 is 1.86 bits per heavy atom. The van der Waals surface area contributed by atoms with Gasteiger partial charge in [0.05, 0.1) is 14.8 Å². The van der Waals surface area contributed by atoms with Crippen molar-refractivity contribution in [1.29, 1.82) is 0 Å². The van der Waals surface area contributed by atoms with E-state index in [1.165, 1.54) is 0 Å². The molecule has 3 rings (SSSR count). The Morgan fingerprint density at radius 3 is 2.50 bits per heavy atom. The fraction of sp³-hybridized carbons (Fsp3) is 0.421. The Bertz CT molecular complexity index is 763. The second-order valence-corrected chi connectivity index (χ2v) is 6.38. The Hall–Kier alpha value is -1.71. The van der Waals surface area contributed by atoms with Gasteiger partial charge in [-0.05, 0) is 37.1 Å². The van der Waals surface area contributed by atoms with Crippen LogP contribution in [0.3, 0.4) is 0 Å². The predicted octanol–water partition coefficient (Wildman–Crippen LogP) is 3.91. The van der Waals surface area contributed by atoms with E-state index in [2.05, 4.69) is 4.98 Å². The topological polar surface area (TPSA) is 34.1 Å². The van der Waals surface area contributed by atoms with Gasteiger partial charge < -0.3 is 0 Å². The van der Waals surface area contributed by atoms with E-state index in [0.29, 0.717) is 5.56 Å². The third-order valence-electron chi connectivity index (χ3n) is 4.09. The number of hydrogen-bond donors (Lipinski definition) is 1. The number of hydrogen-bond acceptors (Lipinski definition) is 3. The van der Waals surface area contributed by atoms with Gasteiger partial charge in [-0.2, -0.15) is 5.47 Å². The Balaban J connectivity index is 2.03. The molecule has 1 aromatic carbocycles. The summed E-state index contributed by atoms with van der Waals surface area (Å²) in [6.45, 7) is 7.50. The van der Waals surface area contributed by atoms with E-state index in [-0.39, 0.29) is 6.42 Å². The van der Waals surface area contributed by atoms with E-state index < -0.39 is 17.5 Å². The minimum Gasteiger partial charge on any atom is -0.297 e. The first-order valence-electron chi connectivity index (χ1n) is 9.03.